The van der Waals surface area contributed by atoms with Gasteiger partial charge in [0.1, 0.15) is 0 Å². The normalized spacial score (nSPS) is 19.0. The Kier molecular flexibility index (Phi) is 7.69. The first-order chi connectivity index (χ1) is 13.2. The van der Waals surface area contributed by atoms with Crippen molar-refractivity contribution in [3.8, 4) is 0 Å². The molecule has 2 amide bonds. The van der Waals surface area contributed by atoms with E-state index in [0.29, 0.717) is 31.8 Å². The molecular weight excluding hydrogens is 338 g/mol. The molecule has 2 saturated heterocycles. The maximum Gasteiger partial charge on any atom is 0.222 e. The summed E-state index contributed by atoms with van der Waals surface area (Å²) in [6.07, 6.45) is 6.27. The molecule has 2 fully saturated rings. The van der Waals surface area contributed by atoms with Crippen LogP contribution >= 0.6 is 0 Å². The predicted molar refractivity (Wildman–Crippen MR) is 107 cm³/mol. The van der Waals surface area contributed by atoms with Crippen molar-refractivity contribution in [2.24, 2.45) is 5.92 Å². The number of nitrogens with zero attached hydrogens (tertiary/aromatic N) is 2. The highest BCUT2D eigenvalue weighted by Gasteiger charge is 2.23. The van der Waals surface area contributed by atoms with Gasteiger partial charge in [-0.3, -0.25) is 9.59 Å². The Morgan fingerprint density at radius 2 is 1.52 bits per heavy atom. The van der Waals surface area contributed by atoms with E-state index in [2.05, 4.69) is 17.4 Å². The monoisotopic (exact) mass is 371 g/mol. The van der Waals surface area contributed by atoms with Gasteiger partial charge < -0.3 is 15.1 Å². The van der Waals surface area contributed by atoms with Gasteiger partial charge in [0.2, 0.25) is 11.8 Å². The second-order valence-corrected chi connectivity index (χ2v) is 7.83. The molecular formula is C22H33N3O2. The van der Waals surface area contributed by atoms with E-state index in [9.17, 15) is 9.59 Å². The second kappa shape index (κ2) is 10.5. The lowest BCUT2D eigenvalue weighted by atomic mass is 9.93. The fraction of sp³-hybridized carbons (Fsp3) is 0.636. The summed E-state index contributed by atoms with van der Waals surface area (Å²) in [5, 5.41) is 3.38. The highest BCUT2D eigenvalue weighted by molar-refractivity contribution is 5.78. The molecule has 0 aliphatic carbocycles. The molecule has 0 atom stereocenters. The summed E-state index contributed by atoms with van der Waals surface area (Å²) in [5.74, 6) is 1.17. The quantitative estimate of drug-likeness (QED) is 0.836. The summed E-state index contributed by atoms with van der Waals surface area (Å²) >= 11 is 0. The van der Waals surface area contributed by atoms with Crippen LogP contribution in [0, 0.1) is 5.92 Å². The Balaban J connectivity index is 1.39. The molecule has 1 aromatic rings. The minimum absolute atomic E-state index is 0.211. The number of aryl methyl sites for hydroxylation is 1. The van der Waals surface area contributed by atoms with E-state index in [-0.39, 0.29) is 11.8 Å². The molecule has 5 heteroatoms. The molecule has 0 radical (unpaired) electrons. The molecule has 0 bridgehead atoms. The van der Waals surface area contributed by atoms with Crippen LogP contribution in [-0.4, -0.2) is 60.9 Å². The number of nitrogens with one attached hydrogen (secondary N) is 1. The second-order valence-electron chi connectivity index (χ2n) is 7.83. The van der Waals surface area contributed by atoms with E-state index in [1.165, 1.54) is 18.4 Å². The molecule has 148 valence electrons. The molecule has 1 N–H and O–H groups in total. The smallest absolute Gasteiger partial charge is 0.222 e. The van der Waals surface area contributed by atoms with Crippen LogP contribution < -0.4 is 5.32 Å². The van der Waals surface area contributed by atoms with Crippen LogP contribution in [0.1, 0.15) is 44.1 Å². The van der Waals surface area contributed by atoms with Gasteiger partial charge in [0.05, 0.1) is 0 Å². The van der Waals surface area contributed by atoms with Gasteiger partial charge in [0.25, 0.3) is 0 Å². The van der Waals surface area contributed by atoms with E-state index in [1.54, 1.807) is 0 Å². The third kappa shape index (κ3) is 6.35. The largest absolute Gasteiger partial charge is 0.341 e. The molecule has 0 spiro atoms. The third-order valence-corrected chi connectivity index (χ3v) is 5.90. The maximum atomic E-state index is 12.6. The predicted octanol–water partition coefficient (Wildman–Crippen LogP) is 2.46. The van der Waals surface area contributed by atoms with Crippen LogP contribution in [0.4, 0.5) is 0 Å². The third-order valence-electron chi connectivity index (χ3n) is 5.90. The number of carbonyl (C=O) groups is 2. The average molecular weight is 372 g/mol. The van der Waals surface area contributed by atoms with Gasteiger partial charge in [0.15, 0.2) is 0 Å². The fourth-order valence-corrected chi connectivity index (χ4v) is 4.13. The summed E-state index contributed by atoms with van der Waals surface area (Å²) in [7, 11) is 0. The van der Waals surface area contributed by atoms with Gasteiger partial charge in [-0.15, -0.1) is 0 Å². The topological polar surface area (TPSA) is 52.7 Å². The van der Waals surface area contributed by atoms with Crippen molar-refractivity contribution in [3.63, 3.8) is 0 Å². The standard InChI is InChI=1S/C22H33N3O2/c26-21(9-7-19-5-2-1-3-6-19)24-15-4-16-25(18-17-24)22(27)10-8-20-11-13-23-14-12-20/h1-3,5-6,20,23H,4,7-18H2. The van der Waals surface area contributed by atoms with E-state index >= 15 is 0 Å². The molecule has 1 aromatic carbocycles. The van der Waals surface area contributed by atoms with E-state index in [1.807, 2.05) is 28.0 Å². The van der Waals surface area contributed by atoms with Gasteiger partial charge in [0, 0.05) is 39.0 Å². The lowest BCUT2D eigenvalue weighted by molar-refractivity contribution is -0.133. The lowest BCUT2D eigenvalue weighted by Crippen LogP contribution is -2.37. The molecule has 27 heavy (non-hydrogen) atoms. The molecule has 2 aliphatic heterocycles. The molecule has 0 unspecified atom stereocenters. The fourth-order valence-electron chi connectivity index (χ4n) is 4.13. The van der Waals surface area contributed by atoms with Crippen molar-refractivity contribution in [1.29, 1.82) is 0 Å². The van der Waals surface area contributed by atoms with Gasteiger partial charge in [-0.25, -0.2) is 0 Å². The Morgan fingerprint density at radius 1 is 0.889 bits per heavy atom. The number of carbonyl (C=O) groups excluding carboxylic acids is 2. The van der Waals surface area contributed by atoms with Crippen LogP contribution in [0.3, 0.4) is 0 Å². The van der Waals surface area contributed by atoms with Crippen molar-refractivity contribution in [3.05, 3.63) is 35.9 Å². The number of hydrogen-bond donors (Lipinski definition) is 1. The highest BCUT2D eigenvalue weighted by Crippen LogP contribution is 2.19. The molecule has 0 aromatic heterocycles. The molecule has 5 nitrogen and oxygen atoms in total. The van der Waals surface area contributed by atoms with Gasteiger partial charge in [-0.1, -0.05) is 30.3 Å². The first-order valence-electron chi connectivity index (χ1n) is 10.5. The van der Waals surface area contributed by atoms with Crippen LogP contribution in [0.15, 0.2) is 30.3 Å². The van der Waals surface area contributed by atoms with Crippen molar-refractivity contribution in [2.75, 3.05) is 39.3 Å². The minimum Gasteiger partial charge on any atom is -0.341 e. The number of piperidine rings is 1. The Hall–Kier alpha value is -1.88. The van der Waals surface area contributed by atoms with Crippen LogP contribution in [0.25, 0.3) is 0 Å². The van der Waals surface area contributed by atoms with Crippen molar-refractivity contribution in [1.82, 2.24) is 15.1 Å². The molecule has 3 rings (SSSR count). The Morgan fingerprint density at radius 3 is 2.19 bits per heavy atom. The van der Waals surface area contributed by atoms with E-state index in [4.69, 9.17) is 0 Å². The minimum atomic E-state index is 0.211. The van der Waals surface area contributed by atoms with Crippen LogP contribution in [0.2, 0.25) is 0 Å². The number of benzene rings is 1. The van der Waals surface area contributed by atoms with Gasteiger partial charge in [-0.2, -0.15) is 0 Å². The van der Waals surface area contributed by atoms with E-state index in [0.717, 1.165) is 45.4 Å². The molecule has 2 aliphatic rings. The number of hydrogen-bond acceptors (Lipinski definition) is 3. The Bertz CT molecular complexity index is 599. The van der Waals surface area contributed by atoms with Gasteiger partial charge in [-0.05, 0) is 56.7 Å². The van der Waals surface area contributed by atoms with Crippen LogP contribution in [0.5, 0.6) is 0 Å². The first kappa shape index (κ1) is 19.9. The lowest BCUT2D eigenvalue weighted by Gasteiger charge is -2.25. The summed E-state index contributed by atoms with van der Waals surface area (Å²) in [6, 6.07) is 10.2. The van der Waals surface area contributed by atoms with Crippen molar-refractivity contribution < 1.29 is 9.59 Å². The molecule has 0 saturated carbocycles. The molecule has 2 heterocycles. The summed E-state index contributed by atoms with van der Waals surface area (Å²) in [5.41, 5.74) is 1.20. The Labute approximate surface area is 163 Å². The zero-order chi connectivity index (χ0) is 18.9. The van der Waals surface area contributed by atoms with Crippen LogP contribution in [-0.2, 0) is 16.0 Å². The van der Waals surface area contributed by atoms with Crippen molar-refractivity contribution >= 4 is 11.8 Å². The summed E-state index contributed by atoms with van der Waals surface area (Å²) in [4.78, 5) is 29.1. The zero-order valence-electron chi connectivity index (χ0n) is 16.4. The number of rotatable bonds is 6. The highest BCUT2D eigenvalue weighted by atomic mass is 16.2. The summed E-state index contributed by atoms with van der Waals surface area (Å²) < 4.78 is 0. The average Bonchev–Trinajstić information content (AvgIpc) is 2.98. The van der Waals surface area contributed by atoms with Gasteiger partial charge >= 0.3 is 0 Å². The SMILES string of the molecule is O=C(CCc1ccccc1)N1CCCN(C(=O)CCC2CCNCC2)CC1. The summed E-state index contributed by atoms with van der Waals surface area (Å²) in [6.45, 7) is 5.08. The van der Waals surface area contributed by atoms with Crippen molar-refractivity contribution in [2.45, 2.75) is 44.9 Å². The first-order valence-corrected chi connectivity index (χ1v) is 10.5. The maximum absolute atomic E-state index is 12.6. The van der Waals surface area contributed by atoms with E-state index < -0.39 is 0 Å². The number of amides is 2. The zero-order valence-corrected chi connectivity index (χ0v) is 16.4.